The molecule has 1 aliphatic heterocycles. The molecular weight excluding hydrogens is 501 g/mol. The minimum Gasteiger partial charge on any atom is -0.461 e. The van der Waals surface area contributed by atoms with E-state index in [1.807, 2.05) is 31.2 Å². The van der Waals surface area contributed by atoms with Crippen LogP contribution in [0.25, 0.3) is 0 Å². The van der Waals surface area contributed by atoms with Crippen molar-refractivity contribution < 1.29 is 27.8 Å². The minimum absolute atomic E-state index is 0.0413. The first-order chi connectivity index (χ1) is 17.2. The summed E-state index contributed by atoms with van der Waals surface area (Å²) in [4.78, 5) is 12.8. The Morgan fingerprint density at radius 3 is 2.58 bits per heavy atom. The predicted octanol–water partition coefficient (Wildman–Crippen LogP) is 7.60. The van der Waals surface area contributed by atoms with Gasteiger partial charge < -0.3 is 9.47 Å². The fourth-order valence-electron chi connectivity index (χ4n) is 4.44. The van der Waals surface area contributed by atoms with Gasteiger partial charge in [0.1, 0.15) is 12.0 Å². The highest BCUT2D eigenvalue weighted by Crippen LogP contribution is 2.60. The molecule has 2 unspecified atom stereocenters. The lowest BCUT2D eigenvalue weighted by Crippen LogP contribution is -2.33. The van der Waals surface area contributed by atoms with E-state index in [1.165, 1.54) is 11.8 Å². The summed E-state index contributed by atoms with van der Waals surface area (Å²) < 4.78 is 49.2. The standard InChI is InChI=1S/C27H36FNO5S2/c1-5-8-14-20-15-21(19-12-10-9-11-13-19)22-16-25(35-7-3)24(17-26(22)36(31,32)29(20)4)34-18-23(28)27(30)33-6-2/h9-13,16-18,20-21,31-32H,5-8,14-15H2,1-4H3/b23-18-. The Labute approximate surface area is 219 Å². The van der Waals surface area contributed by atoms with Gasteiger partial charge in [0.25, 0.3) is 0 Å². The largest absolute Gasteiger partial charge is 0.461 e. The van der Waals surface area contributed by atoms with E-state index in [0.29, 0.717) is 11.2 Å². The van der Waals surface area contributed by atoms with Crippen LogP contribution in [-0.2, 0) is 9.53 Å². The monoisotopic (exact) mass is 537 g/mol. The molecule has 6 nitrogen and oxygen atoms in total. The molecule has 1 heterocycles. The molecule has 36 heavy (non-hydrogen) atoms. The molecule has 0 amide bonds. The van der Waals surface area contributed by atoms with E-state index in [1.54, 1.807) is 24.3 Å². The third-order valence-corrected chi connectivity index (χ3v) is 9.29. The van der Waals surface area contributed by atoms with Crippen molar-refractivity contribution in [2.24, 2.45) is 0 Å². The molecule has 0 spiro atoms. The van der Waals surface area contributed by atoms with Crippen LogP contribution in [0.3, 0.4) is 0 Å². The molecule has 0 fully saturated rings. The lowest BCUT2D eigenvalue weighted by Gasteiger charge is -2.44. The lowest BCUT2D eigenvalue weighted by atomic mass is 9.84. The van der Waals surface area contributed by atoms with Crippen molar-refractivity contribution in [3.05, 3.63) is 65.7 Å². The molecule has 0 radical (unpaired) electrons. The molecule has 1 aliphatic rings. The number of hydrogen-bond donors (Lipinski definition) is 2. The van der Waals surface area contributed by atoms with Crippen LogP contribution in [0.4, 0.5) is 4.39 Å². The van der Waals surface area contributed by atoms with Gasteiger partial charge in [0, 0.05) is 25.1 Å². The Balaban J connectivity index is 2.16. The highest BCUT2D eigenvalue weighted by atomic mass is 32.3. The first-order valence-corrected chi connectivity index (χ1v) is 14.8. The number of carbonyl (C=O) groups excluding carboxylic acids is 1. The summed E-state index contributed by atoms with van der Waals surface area (Å²) in [6, 6.07) is 13.6. The van der Waals surface area contributed by atoms with Gasteiger partial charge in [-0.3, -0.25) is 9.11 Å². The van der Waals surface area contributed by atoms with Gasteiger partial charge in [-0.2, -0.15) is 4.39 Å². The van der Waals surface area contributed by atoms with Crippen molar-refractivity contribution in [3.8, 4) is 5.75 Å². The van der Waals surface area contributed by atoms with E-state index in [4.69, 9.17) is 4.74 Å². The number of hydrogen-bond acceptors (Lipinski definition) is 7. The van der Waals surface area contributed by atoms with Crippen LogP contribution in [0.2, 0.25) is 0 Å². The third-order valence-electron chi connectivity index (χ3n) is 6.32. The van der Waals surface area contributed by atoms with Gasteiger partial charge in [0.15, 0.2) is 0 Å². The molecule has 3 rings (SSSR count). The van der Waals surface area contributed by atoms with Crippen LogP contribution >= 0.6 is 22.5 Å². The average molecular weight is 538 g/mol. The second-order valence-electron chi connectivity index (χ2n) is 8.63. The molecule has 0 aliphatic carbocycles. The van der Waals surface area contributed by atoms with Crippen molar-refractivity contribution in [1.82, 2.24) is 4.31 Å². The van der Waals surface area contributed by atoms with Crippen molar-refractivity contribution in [2.75, 3.05) is 19.4 Å². The van der Waals surface area contributed by atoms with Crippen molar-refractivity contribution in [1.29, 1.82) is 0 Å². The Morgan fingerprint density at radius 2 is 1.94 bits per heavy atom. The zero-order valence-corrected chi connectivity index (χ0v) is 22.9. The van der Waals surface area contributed by atoms with E-state index < -0.39 is 22.6 Å². The zero-order valence-electron chi connectivity index (χ0n) is 21.3. The third kappa shape index (κ3) is 6.44. The number of fused-ring (bicyclic) bond motifs is 1. The van der Waals surface area contributed by atoms with E-state index in [-0.39, 0.29) is 24.3 Å². The number of ether oxygens (including phenoxy) is 2. The normalized spacial score (nSPS) is 20.8. The Kier molecular flexibility index (Phi) is 10.3. The smallest absolute Gasteiger partial charge is 0.370 e. The predicted molar refractivity (Wildman–Crippen MR) is 144 cm³/mol. The fourth-order valence-corrected chi connectivity index (χ4v) is 6.91. The van der Waals surface area contributed by atoms with E-state index in [9.17, 15) is 18.3 Å². The van der Waals surface area contributed by atoms with Crippen LogP contribution in [0, 0.1) is 0 Å². The maximum Gasteiger partial charge on any atom is 0.370 e. The van der Waals surface area contributed by atoms with Crippen LogP contribution < -0.4 is 4.74 Å². The van der Waals surface area contributed by atoms with Gasteiger partial charge in [-0.1, -0.05) is 57.0 Å². The number of carbonyl (C=O) groups is 1. The van der Waals surface area contributed by atoms with E-state index in [0.717, 1.165) is 47.5 Å². The van der Waals surface area contributed by atoms with Gasteiger partial charge in [0.05, 0.1) is 16.4 Å². The molecular formula is C27H36FNO5S2. The highest BCUT2D eigenvalue weighted by molar-refractivity contribution is 8.22. The molecule has 2 atom stereocenters. The number of benzene rings is 2. The second-order valence-corrected chi connectivity index (χ2v) is 12.0. The quantitative estimate of drug-likeness (QED) is 0.140. The molecule has 198 valence electrons. The molecule has 0 aromatic heterocycles. The molecule has 2 aromatic rings. The van der Waals surface area contributed by atoms with Crippen molar-refractivity contribution >= 4 is 28.5 Å². The number of unbranched alkanes of at least 4 members (excludes halogenated alkanes) is 1. The summed E-state index contributed by atoms with van der Waals surface area (Å²) in [7, 11) is -1.61. The van der Waals surface area contributed by atoms with Crippen molar-refractivity contribution in [3.63, 3.8) is 0 Å². The van der Waals surface area contributed by atoms with Gasteiger partial charge in [-0.15, -0.1) is 22.5 Å². The number of nitrogens with zero attached hydrogens (tertiary/aromatic N) is 1. The van der Waals surface area contributed by atoms with Crippen LogP contribution in [0.15, 0.2) is 64.3 Å². The first-order valence-electron chi connectivity index (χ1n) is 12.3. The number of rotatable bonds is 10. The fraction of sp³-hybridized carbons (Fsp3) is 0.444. The molecule has 0 saturated heterocycles. The summed E-state index contributed by atoms with van der Waals surface area (Å²) in [5.74, 6) is -1.35. The summed E-state index contributed by atoms with van der Waals surface area (Å²) in [5, 5.41) is 0. The topological polar surface area (TPSA) is 79.2 Å². The number of halogens is 1. The Hall–Kier alpha value is -2.04. The average Bonchev–Trinajstić information content (AvgIpc) is 2.95. The zero-order chi connectivity index (χ0) is 26.3. The summed E-state index contributed by atoms with van der Waals surface area (Å²) >= 11 is 1.50. The molecule has 9 heteroatoms. The molecule has 2 aromatic carbocycles. The SMILES string of the molecule is CCCCC1CC(c2ccccc2)c2cc(SCC)c(O/C=C(\F)C(=O)OCC)cc2S(O)(O)N1C. The maximum absolute atomic E-state index is 14.2. The summed E-state index contributed by atoms with van der Waals surface area (Å²) in [6.45, 7) is 5.75. The number of esters is 1. The van der Waals surface area contributed by atoms with Gasteiger partial charge >= 0.3 is 5.97 Å². The highest BCUT2D eigenvalue weighted by Gasteiger charge is 2.39. The Bertz CT molecular complexity index is 1060. The van der Waals surface area contributed by atoms with Crippen molar-refractivity contribution in [2.45, 2.75) is 68.2 Å². The van der Waals surface area contributed by atoms with Gasteiger partial charge in [-0.05, 0) is 42.7 Å². The van der Waals surface area contributed by atoms with Crippen LogP contribution in [0.1, 0.15) is 63.5 Å². The van der Waals surface area contributed by atoms with Gasteiger partial charge in [0.2, 0.25) is 5.83 Å². The first kappa shape index (κ1) is 28.5. The minimum atomic E-state index is -3.36. The lowest BCUT2D eigenvalue weighted by molar-refractivity contribution is -0.140. The second kappa shape index (κ2) is 13.0. The number of thioether (sulfide) groups is 1. The van der Waals surface area contributed by atoms with Gasteiger partial charge in [-0.25, -0.2) is 9.10 Å². The summed E-state index contributed by atoms with van der Waals surface area (Å²) in [6.07, 6.45) is 4.28. The molecule has 0 bridgehead atoms. The maximum atomic E-state index is 14.2. The molecule has 2 N–H and O–H groups in total. The summed E-state index contributed by atoms with van der Waals surface area (Å²) in [5.41, 5.74) is 1.92. The van der Waals surface area contributed by atoms with Crippen LogP contribution in [-0.4, -0.2) is 44.8 Å². The van der Waals surface area contributed by atoms with Crippen LogP contribution in [0.5, 0.6) is 5.75 Å². The van der Waals surface area contributed by atoms with E-state index >= 15 is 0 Å². The Morgan fingerprint density at radius 1 is 1.22 bits per heavy atom. The molecule has 0 saturated carbocycles. The van der Waals surface area contributed by atoms with E-state index in [2.05, 4.69) is 23.8 Å².